The lowest BCUT2D eigenvalue weighted by Crippen LogP contribution is -2.19. The minimum atomic E-state index is 0. The van der Waals surface area contributed by atoms with Crippen LogP contribution < -0.4 is 10.6 Å². The van der Waals surface area contributed by atoms with Gasteiger partial charge in [-0.15, -0.1) is 24.8 Å². The van der Waals surface area contributed by atoms with Crippen LogP contribution in [0.5, 0.6) is 5.75 Å². The molecule has 1 aromatic heterocycles. The molecule has 2 aliphatic heterocycles. The molecule has 3 N–H and O–H groups in total. The molecule has 0 amide bonds. The Bertz CT molecular complexity index is 1080. The van der Waals surface area contributed by atoms with E-state index in [4.69, 9.17) is 4.42 Å². The van der Waals surface area contributed by atoms with Gasteiger partial charge >= 0.3 is 0 Å². The van der Waals surface area contributed by atoms with E-state index in [0.29, 0.717) is 11.3 Å². The van der Waals surface area contributed by atoms with Crippen LogP contribution in [0.1, 0.15) is 11.1 Å². The van der Waals surface area contributed by atoms with E-state index in [9.17, 15) is 5.11 Å². The lowest BCUT2D eigenvalue weighted by Gasteiger charge is -2.06. The molecule has 0 saturated heterocycles. The lowest BCUT2D eigenvalue weighted by atomic mass is 10.1. The molecule has 3 aromatic rings. The van der Waals surface area contributed by atoms with Crippen LogP contribution in [0.2, 0.25) is 0 Å². The molecule has 5 rings (SSSR count). The van der Waals surface area contributed by atoms with Crippen LogP contribution >= 0.6 is 24.8 Å². The number of halogens is 2. The van der Waals surface area contributed by atoms with Crippen LogP contribution in [0.3, 0.4) is 0 Å². The Morgan fingerprint density at radius 1 is 0.821 bits per heavy atom. The number of hydrogen-bond donors (Lipinski definition) is 3. The number of aliphatic imine (C=N–C) groups is 2. The van der Waals surface area contributed by atoms with E-state index in [1.165, 1.54) is 0 Å². The lowest BCUT2D eigenvalue weighted by molar-refractivity contribution is 0.474. The van der Waals surface area contributed by atoms with Crippen molar-refractivity contribution in [1.29, 1.82) is 0 Å². The summed E-state index contributed by atoms with van der Waals surface area (Å²) in [7, 11) is 0. The first kappa shape index (κ1) is 20.0. The Morgan fingerprint density at radius 2 is 1.46 bits per heavy atom. The second-order valence-electron chi connectivity index (χ2n) is 6.41. The van der Waals surface area contributed by atoms with Crippen molar-refractivity contribution in [3.05, 3.63) is 53.6 Å². The highest BCUT2D eigenvalue weighted by Crippen LogP contribution is 2.34. The average molecular weight is 419 g/mol. The van der Waals surface area contributed by atoms with Gasteiger partial charge in [0.2, 0.25) is 0 Å². The SMILES string of the molecule is Cl.Cl.Oc1cc(C2=NCCN2)ccc1-c1cc2cc(C3=NCCN3)ccc2o1. The van der Waals surface area contributed by atoms with E-state index in [2.05, 4.69) is 26.7 Å². The Labute approximate surface area is 174 Å². The summed E-state index contributed by atoms with van der Waals surface area (Å²) in [5.74, 6) is 2.57. The standard InChI is InChI=1S/C20H18N4O2.2ClH/c25-16-10-13(20-23-7-8-24-20)1-3-15(16)18-11-14-9-12(2-4-17(14)26-18)19-21-5-6-22-19;;/h1-4,9-11,25H,5-8H2,(H,21,22)(H,23,24);2*1H. The highest BCUT2D eigenvalue weighted by molar-refractivity contribution is 6.03. The Balaban J connectivity index is 0.00000112. The monoisotopic (exact) mass is 418 g/mol. The van der Waals surface area contributed by atoms with E-state index in [0.717, 1.165) is 59.9 Å². The van der Waals surface area contributed by atoms with Crippen LogP contribution in [-0.2, 0) is 0 Å². The maximum atomic E-state index is 10.5. The topological polar surface area (TPSA) is 82.2 Å². The summed E-state index contributed by atoms with van der Waals surface area (Å²) in [4.78, 5) is 8.84. The van der Waals surface area contributed by atoms with Gasteiger partial charge in [-0.05, 0) is 36.4 Å². The number of amidine groups is 2. The minimum Gasteiger partial charge on any atom is -0.507 e. The molecule has 28 heavy (non-hydrogen) atoms. The van der Waals surface area contributed by atoms with Crippen molar-refractivity contribution in [2.24, 2.45) is 9.98 Å². The summed E-state index contributed by atoms with van der Waals surface area (Å²) in [5, 5.41) is 18.0. The third kappa shape index (κ3) is 3.53. The van der Waals surface area contributed by atoms with Gasteiger partial charge < -0.3 is 20.2 Å². The van der Waals surface area contributed by atoms with Crippen molar-refractivity contribution in [3.63, 3.8) is 0 Å². The molecular weight excluding hydrogens is 399 g/mol. The van der Waals surface area contributed by atoms with Crippen molar-refractivity contribution in [2.75, 3.05) is 26.2 Å². The van der Waals surface area contributed by atoms with Gasteiger partial charge in [-0.25, -0.2) is 0 Å². The zero-order valence-corrected chi connectivity index (χ0v) is 16.6. The molecular formula is C20H20Cl2N4O2. The second-order valence-corrected chi connectivity index (χ2v) is 6.41. The number of phenolic OH excluding ortho intramolecular Hbond substituents is 1. The third-order valence-corrected chi connectivity index (χ3v) is 4.67. The first-order valence-electron chi connectivity index (χ1n) is 8.72. The molecule has 0 atom stereocenters. The number of phenols is 1. The number of fused-ring (bicyclic) bond motifs is 1. The number of benzene rings is 2. The van der Waals surface area contributed by atoms with Gasteiger partial charge in [-0.1, -0.05) is 6.07 Å². The van der Waals surface area contributed by atoms with Crippen molar-refractivity contribution in [2.45, 2.75) is 0 Å². The molecule has 0 radical (unpaired) electrons. The van der Waals surface area contributed by atoms with Crippen molar-refractivity contribution in [1.82, 2.24) is 10.6 Å². The molecule has 3 heterocycles. The van der Waals surface area contributed by atoms with Crippen molar-refractivity contribution in [3.8, 4) is 17.1 Å². The zero-order chi connectivity index (χ0) is 17.5. The van der Waals surface area contributed by atoms with Crippen molar-refractivity contribution < 1.29 is 9.52 Å². The summed E-state index contributed by atoms with van der Waals surface area (Å²) < 4.78 is 5.95. The fourth-order valence-corrected chi connectivity index (χ4v) is 3.39. The van der Waals surface area contributed by atoms with Crippen molar-refractivity contribution >= 4 is 47.5 Å². The van der Waals surface area contributed by atoms with Crippen LogP contribution in [0.4, 0.5) is 0 Å². The number of hydrogen-bond acceptors (Lipinski definition) is 6. The van der Waals surface area contributed by atoms with Gasteiger partial charge in [0, 0.05) is 29.6 Å². The largest absolute Gasteiger partial charge is 0.507 e. The molecule has 2 aliphatic rings. The zero-order valence-electron chi connectivity index (χ0n) is 14.9. The van der Waals surface area contributed by atoms with E-state index >= 15 is 0 Å². The average Bonchev–Trinajstić information content (AvgIpc) is 3.41. The fraction of sp³-hybridized carbons (Fsp3) is 0.200. The van der Waals surface area contributed by atoms with Gasteiger partial charge in [0.15, 0.2) is 0 Å². The number of furan rings is 1. The van der Waals surface area contributed by atoms with E-state index in [1.54, 1.807) is 6.07 Å². The van der Waals surface area contributed by atoms with Crippen LogP contribution in [0, 0.1) is 0 Å². The Hall–Kier alpha value is -2.70. The Morgan fingerprint density at radius 3 is 2.07 bits per heavy atom. The van der Waals surface area contributed by atoms with Crippen LogP contribution in [0.25, 0.3) is 22.3 Å². The van der Waals surface area contributed by atoms with Gasteiger partial charge in [0.1, 0.15) is 28.8 Å². The Kier molecular flexibility index (Phi) is 5.82. The molecule has 2 aromatic carbocycles. The van der Waals surface area contributed by atoms with Gasteiger partial charge in [0.25, 0.3) is 0 Å². The van der Waals surface area contributed by atoms with Gasteiger partial charge in [0.05, 0.1) is 18.7 Å². The van der Waals surface area contributed by atoms with Crippen LogP contribution in [-0.4, -0.2) is 43.0 Å². The summed E-state index contributed by atoms with van der Waals surface area (Å²) in [6.45, 7) is 3.29. The van der Waals surface area contributed by atoms with E-state index < -0.39 is 0 Å². The summed E-state index contributed by atoms with van der Waals surface area (Å²) in [6, 6.07) is 13.5. The smallest absolute Gasteiger partial charge is 0.139 e. The number of rotatable bonds is 3. The second kappa shape index (κ2) is 8.12. The maximum Gasteiger partial charge on any atom is 0.139 e. The predicted octanol–water partition coefficient (Wildman–Crippen LogP) is 3.35. The number of nitrogens with zero attached hydrogens (tertiary/aromatic N) is 2. The molecule has 0 bridgehead atoms. The normalized spacial score (nSPS) is 15.1. The molecule has 6 nitrogen and oxygen atoms in total. The minimum absolute atomic E-state index is 0. The molecule has 0 spiro atoms. The molecule has 8 heteroatoms. The third-order valence-electron chi connectivity index (χ3n) is 4.67. The molecule has 146 valence electrons. The highest BCUT2D eigenvalue weighted by atomic mass is 35.5. The first-order chi connectivity index (χ1) is 12.8. The summed E-state index contributed by atoms with van der Waals surface area (Å²) in [6.07, 6.45) is 0. The maximum absolute atomic E-state index is 10.5. The van der Waals surface area contributed by atoms with Gasteiger partial charge in [-0.3, -0.25) is 9.98 Å². The van der Waals surface area contributed by atoms with Gasteiger partial charge in [-0.2, -0.15) is 0 Å². The quantitative estimate of drug-likeness (QED) is 0.608. The van der Waals surface area contributed by atoms with Crippen LogP contribution in [0.15, 0.2) is 56.9 Å². The summed E-state index contributed by atoms with van der Waals surface area (Å²) >= 11 is 0. The molecule has 0 unspecified atom stereocenters. The fourth-order valence-electron chi connectivity index (χ4n) is 3.39. The first-order valence-corrected chi connectivity index (χ1v) is 8.72. The molecule has 0 aliphatic carbocycles. The predicted molar refractivity (Wildman–Crippen MR) is 117 cm³/mol. The van der Waals surface area contributed by atoms with E-state index in [-0.39, 0.29) is 30.6 Å². The molecule has 0 fully saturated rings. The number of aromatic hydroxyl groups is 1. The summed E-state index contributed by atoms with van der Waals surface area (Å²) in [5.41, 5.74) is 3.38. The molecule has 0 saturated carbocycles. The highest BCUT2D eigenvalue weighted by Gasteiger charge is 2.15. The number of nitrogens with one attached hydrogen (secondary N) is 2. The van der Waals surface area contributed by atoms with E-state index in [1.807, 2.05) is 30.3 Å².